The fraction of sp³-hybridized carbons (Fsp3) is 0.548. The number of amides is 2. The van der Waals surface area contributed by atoms with Gasteiger partial charge in [0, 0.05) is 23.6 Å². The number of carbonyl (C=O) groups excluding carboxylic acids is 2. The fourth-order valence-electron chi connectivity index (χ4n) is 4.37. The zero-order valence-electron chi connectivity index (χ0n) is 24.6. The van der Waals surface area contributed by atoms with Crippen LogP contribution in [0.25, 0.3) is 0 Å². The number of nitrogens with one attached hydrogen (secondary N) is 1. The Morgan fingerprint density at radius 1 is 1.03 bits per heavy atom. The molecule has 1 heterocycles. The number of hydrogen-bond acceptors (Lipinski definition) is 6. The van der Waals surface area contributed by atoms with E-state index in [1.54, 1.807) is 32.3 Å². The van der Waals surface area contributed by atoms with Crippen LogP contribution in [0.5, 0.6) is 17.2 Å². The second kappa shape index (κ2) is 15.9. The van der Waals surface area contributed by atoms with Gasteiger partial charge < -0.3 is 30.0 Å². The summed E-state index contributed by atoms with van der Waals surface area (Å²) in [5.74, 6) is 1.55. The molecule has 0 saturated heterocycles. The monoisotopic (exact) mass is 542 g/mol. The molecular weight excluding hydrogens is 496 g/mol. The number of carbonyl (C=O) groups is 2. The molecule has 0 fully saturated rings. The third kappa shape index (κ3) is 10.3. The van der Waals surface area contributed by atoms with Crippen LogP contribution in [0.4, 0.5) is 10.5 Å². The van der Waals surface area contributed by atoms with Gasteiger partial charge >= 0.3 is 6.09 Å². The van der Waals surface area contributed by atoms with Crippen LogP contribution in [0.1, 0.15) is 85.6 Å². The number of methoxy groups -OCH3 is 1. The van der Waals surface area contributed by atoms with Crippen molar-refractivity contribution in [1.82, 2.24) is 0 Å². The Bertz CT molecular complexity index is 1070. The predicted octanol–water partition coefficient (Wildman–Crippen LogP) is 7.02. The number of benzene rings is 1. The number of nitrogens with two attached hydrogens (primary N) is 1. The molecule has 1 aliphatic heterocycles. The molecule has 3 N–H and O–H groups in total. The second-order valence-electron chi connectivity index (χ2n) is 10.4. The van der Waals surface area contributed by atoms with Gasteiger partial charge in [0.15, 0.2) is 11.5 Å². The lowest BCUT2D eigenvalue weighted by Crippen LogP contribution is -2.23. The Morgan fingerprint density at radius 2 is 1.72 bits per heavy atom. The van der Waals surface area contributed by atoms with E-state index < -0.39 is 12.2 Å². The van der Waals surface area contributed by atoms with Crippen LogP contribution in [0.15, 0.2) is 41.5 Å². The van der Waals surface area contributed by atoms with E-state index in [0.717, 1.165) is 43.2 Å². The zero-order valence-corrected chi connectivity index (χ0v) is 24.6. The van der Waals surface area contributed by atoms with Gasteiger partial charge in [-0.1, -0.05) is 37.1 Å². The number of anilines is 1. The molecule has 0 aromatic heterocycles. The van der Waals surface area contributed by atoms with Gasteiger partial charge in [-0.2, -0.15) is 0 Å². The highest BCUT2D eigenvalue weighted by Crippen LogP contribution is 2.45. The Labute approximate surface area is 233 Å². The van der Waals surface area contributed by atoms with Crippen molar-refractivity contribution in [3.05, 3.63) is 47.1 Å². The molecule has 216 valence electrons. The maximum atomic E-state index is 13.2. The lowest BCUT2D eigenvalue weighted by atomic mass is 10.0. The van der Waals surface area contributed by atoms with E-state index >= 15 is 0 Å². The zero-order chi connectivity index (χ0) is 28.9. The van der Waals surface area contributed by atoms with Gasteiger partial charge in [-0.05, 0) is 72.8 Å². The minimum absolute atomic E-state index is 0.0766. The van der Waals surface area contributed by atoms with Crippen LogP contribution in [-0.2, 0) is 16.0 Å². The normalized spacial score (nSPS) is 21.3. The first-order chi connectivity index (χ1) is 18.5. The molecular formula is C31H46N2O6. The third-order valence-electron chi connectivity index (χ3n) is 6.26. The minimum Gasteiger partial charge on any atom is -0.492 e. The molecule has 0 radical (unpaired) electrons. The standard InChI is InChI=1S/C31H46N2O6/c1-20(2)37-27-19-25-28(38-21(3)4)24(29(27)36-7)17-12-10-8-9-11-15-22(5)26(39-31(32)35)18-14-13-16-23(6)30(34)33-25/h13-16,19-21,26H,8-12,17-18H2,1-7H3,(H2,32,35)(H,33,34)/b14-13+,22-15+,23-16-/t26-/m1/s1. The predicted molar refractivity (Wildman–Crippen MR) is 156 cm³/mol. The summed E-state index contributed by atoms with van der Waals surface area (Å²) in [4.78, 5) is 24.6. The van der Waals surface area contributed by atoms with Gasteiger partial charge in [-0.25, -0.2) is 4.79 Å². The lowest BCUT2D eigenvalue weighted by molar-refractivity contribution is -0.112. The van der Waals surface area contributed by atoms with Crippen LogP contribution < -0.4 is 25.3 Å². The average molecular weight is 543 g/mol. The number of fused-ring (bicyclic) bond motifs is 2. The maximum Gasteiger partial charge on any atom is 0.405 e. The van der Waals surface area contributed by atoms with E-state index in [0.29, 0.717) is 41.4 Å². The van der Waals surface area contributed by atoms with Gasteiger partial charge in [0.2, 0.25) is 0 Å². The first kappa shape index (κ1) is 31.8. The Morgan fingerprint density at radius 3 is 2.36 bits per heavy atom. The highest BCUT2D eigenvalue weighted by atomic mass is 16.6. The van der Waals surface area contributed by atoms with Crippen molar-refractivity contribution in [3.63, 3.8) is 0 Å². The van der Waals surface area contributed by atoms with Crippen LogP contribution in [0, 0.1) is 0 Å². The summed E-state index contributed by atoms with van der Waals surface area (Å²) < 4.78 is 23.5. The molecule has 1 atom stereocenters. The van der Waals surface area contributed by atoms with Crippen molar-refractivity contribution in [1.29, 1.82) is 0 Å². The summed E-state index contributed by atoms with van der Waals surface area (Å²) >= 11 is 0. The van der Waals surface area contributed by atoms with E-state index in [9.17, 15) is 9.59 Å². The molecule has 0 saturated carbocycles. The SMILES string of the molecule is COc1c(OC(C)C)cc2c(OC(C)C)c1CCCCCC/C=C(\C)[C@H](OC(N)=O)C/C=C/C=C(/C)C(=O)N2. The van der Waals surface area contributed by atoms with Crippen molar-refractivity contribution >= 4 is 17.7 Å². The number of primary amides is 1. The summed E-state index contributed by atoms with van der Waals surface area (Å²) in [6.07, 6.45) is 12.1. The second-order valence-corrected chi connectivity index (χ2v) is 10.4. The molecule has 8 heteroatoms. The third-order valence-corrected chi connectivity index (χ3v) is 6.26. The first-order valence-corrected chi connectivity index (χ1v) is 13.9. The van der Waals surface area contributed by atoms with Gasteiger partial charge in [0.25, 0.3) is 5.91 Å². The Kier molecular flexibility index (Phi) is 12.9. The molecule has 2 bridgehead atoms. The molecule has 2 rings (SSSR count). The number of rotatable bonds is 6. The molecule has 8 nitrogen and oxygen atoms in total. The average Bonchev–Trinajstić information content (AvgIpc) is 2.85. The molecule has 1 aromatic carbocycles. The molecule has 0 unspecified atom stereocenters. The maximum absolute atomic E-state index is 13.2. The van der Waals surface area contributed by atoms with Gasteiger partial charge in [-0.3, -0.25) is 4.79 Å². The van der Waals surface area contributed by atoms with E-state index in [1.807, 2.05) is 40.7 Å². The lowest BCUT2D eigenvalue weighted by Gasteiger charge is -2.24. The smallest absolute Gasteiger partial charge is 0.405 e. The summed E-state index contributed by atoms with van der Waals surface area (Å²) in [5.41, 5.74) is 8.19. The van der Waals surface area contributed by atoms with Crippen LogP contribution in [-0.4, -0.2) is 37.4 Å². The summed E-state index contributed by atoms with van der Waals surface area (Å²) in [7, 11) is 1.63. The first-order valence-electron chi connectivity index (χ1n) is 13.9. The number of ether oxygens (including phenoxy) is 4. The van der Waals surface area contributed by atoms with Crippen molar-refractivity contribution in [2.45, 2.75) is 105 Å². The van der Waals surface area contributed by atoms with Crippen molar-refractivity contribution in [2.24, 2.45) is 5.73 Å². The van der Waals surface area contributed by atoms with Gasteiger partial charge in [0.1, 0.15) is 11.9 Å². The number of allylic oxidation sites excluding steroid dienone is 3. The quantitative estimate of drug-likeness (QED) is 0.374. The molecule has 39 heavy (non-hydrogen) atoms. The van der Waals surface area contributed by atoms with Crippen LogP contribution in [0.3, 0.4) is 0 Å². The number of hydrogen-bond donors (Lipinski definition) is 2. The van der Waals surface area contributed by atoms with Gasteiger partial charge in [-0.15, -0.1) is 0 Å². The van der Waals surface area contributed by atoms with E-state index in [2.05, 4.69) is 11.4 Å². The van der Waals surface area contributed by atoms with Crippen molar-refractivity contribution in [3.8, 4) is 17.2 Å². The Hall–Kier alpha value is -3.42. The fourth-order valence-corrected chi connectivity index (χ4v) is 4.37. The van der Waals surface area contributed by atoms with Crippen LogP contribution in [0.2, 0.25) is 0 Å². The molecule has 0 aliphatic carbocycles. The summed E-state index contributed by atoms with van der Waals surface area (Å²) in [6.45, 7) is 11.5. The van der Waals surface area contributed by atoms with E-state index in [-0.39, 0.29) is 18.1 Å². The molecule has 2 amide bonds. The Balaban J connectivity index is 2.53. The van der Waals surface area contributed by atoms with E-state index in [1.165, 1.54) is 0 Å². The minimum atomic E-state index is -0.803. The molecule has 0 spiro atoms. The van der Waals surface area contributed by atoms with E-state index in [4.69, 9.17) is 24.7 Å². The summed E-state index contributed by atoms with van der Waals surface area (Å²) in [5, 5.41) is 3.03. The van der Waals surface area contributed by atoms with Crippen molar-refractivity contribution in [2.75, 3.05) is 12.4 Å². The van der Waals surface area contributed by atoms with Crippen LogP contribution >= 0.6 is 0 Å². The highest BCUT2D eigenvalue weighted by Gasteiger charge is 2.24. The largest absolute Gasteiger partial charge is 0.492 e. The highest BCUT2D eigenvalue weighted by molar-refractivity contribution is 6.04. The van der Waals surface area contributed by atoms with Gasteiger partial charge in [0.05, 0.1) is 25.0 Å². The molecule has 1 aromatic rings. The summed E-state index contributed by atoms with van der Waals surface area (Å²) in [6, 6.07) is 1.78. The topological polar surface area (TPSA) is 109 Å². The van der Waals surface area contributed by atoms with Crippen molar-refractivity contribution < 1.29 is 28.5 Å². The molecule has 1 aliphatic rings.